The van der Waals surface area contributed by atoms with E-state index in [2.05, 4.69) is 0 Å². The molecule has 0 radical (unpaired) electrons. The molecule has 0 N–H and O–H groups in total. The van der Waals surface area contributed by atoms with Gasteiger partial charge in [-0.25, -0.2) is 0 Å². The molecule has 0 aromatic carbocycles. The molecule has 1 aliphatic carbocycles. The van der Waals surface area contributed by atoms with Gasteiger partial charge in [-0.3, -0.25) is 0 Å². The SMILES string of the molecule is COC1=C(Cl)C(Cl)C(Cl)(OC)C=C1Cl. The predicted molar refractivity (Wildman–Crippen MR) is 59.1 cm³/mol. The average Bonchev–Trinajstić information content (AvgIpc) is 2.15. The average molecular weight is 278 g/mol. The first-order valence-corrected chi connectivity index (χ1v) is 5.23. The maximum atomic E-state index is 6.03. The first-order chi connectivity index (χ1) is 6.46. The number of alkyl halides is 2. The highest BCUT2D eigenvalue weighted by atomic mass is 35.5. The Morgan fingerprint density at radius 1 is 1.36 bits per heavy atom. The molecule has 1 rings (SSSR count). The molecule has 6 heteroatoms. The molecule has 0 aromatic heterocycles. The number of halogens is 4. The van der Waals surface area contributed by atoms with E-state index in [4.69, 9.17) is 55.9 Å². The van der Waals surface area contributed by atoms with Crippen molar-refractivity contribution in [3.05, 3.63) is 21.9 Å². The molecule has 0 amide bonds. The van der Waals surface area contributed by atoms with Gasteiger partial charge in [0.05, 0.1) is 17.2 Å². The van der Waals surface area contributed by atoms with Crippen molar-refractivity contribution in [2.75, 3.05) is 14.2 Å². The summed E-state index contributed by atoms with van der Waals surface area (Å²) in [4.78, 5) is 0. The second kappa shape index (κ2) is 4.50. The quantitative estimate of drug-likeness (QED) is 0.720. The predicted octanol–water partition coefficient (Wildman–Crippen LogP) is 3.41. The Bertz CT molecular complexity index is 300. The number of allylic oxidation sites excluding steroid dienone is 1. The lowest BCUT2D eigenvalue weighted by molar-refractivity contribution is 0.105. The van der Waals surface area contributed by atoms with Crippen LogP contribution < -0.4 is 0 Å². The normalized spacial score (nSPS) is 33.0. The Morgan fingerprint density at radius 3 is 2.36 bits per heavy atom. The van der Waals surface area contributed by atoms with Crippen LogP contribution >= 0.6 is 46.4 Å². The molecule has 0 saturated carbocycles. The molecule has 2 unspecified atom stereocenters. The van der Waals surface area contributed by atoms with E-state index in [1.54, 1.807) is 0 Å². The number of ether oxygens (including phenoxy) is 2. The molecule has 0 saturated heterocycles. The van der Waals surface area contributed by atoms with E-state index < -0.39 is 10.4 Å². The summed E-state index contributed by atoms with van der Waals surface area (Å²) in [7, 11) is 2.87. The van der Waals surface area contributed by atoms with Crippen molar-refractivity contribution in [3.63, 3.8) is 0 Å². The van der Waals surface area contributed by atoms with Crippen molar-refractivity contribution in [3.8, 4) is 0 Å². The first kappa shape index (κ1) is 12.5. The second-order valence-electron chi connectivity index (χ2n) is 2.64. The molecular formula is C8H8Cl4O2. The smallest absolute Gasteiger partial charge is 0.183 e. The van der Waals surface area contributed by atoms with E-state index in [1.807, 2.05) is 0 Å². The van der Waals surface area contributed by atoms with E-state index in [-0.39, 0.29) is 10.1 Å². The van der Waals surface area contributed by atoms with Crippen LogP contribution in [-0.2, 0) is 9.47 Å². The highest BCUT2D eigenvalue weighted by Crippen LogP contribution is 2.43. The van der Waals surface area contributed by atoms with Crippen molar-refractivity contribution in [2.45, 2.75) is 10.4 Å². The molecule has 0 heterocycles. The molecule has 2 nitrogen and oxygen atoms in total. The minimum Gasteiger partial charge on any atom is -0.494 e. The Morgan fingerprint density at radius 2 is 1.93 bits per heavy atom. The van der Waals surface area contributed by atoms with Gasteiger partial charge >= 0.3 is 0 Å². The maximum Gasteiger partial charge on any atom is 0.183 e. The second-order valence-corrected chi connectivity index (χ2v) is 4.48. The molecule has 0 spiro atoms. The summed E-state index contributed by atoms with van der Waals surface area (Å²) >= 11 is 23.8. The Labute approximate surface area is 102 Å². The Balaban J connectivity index is 3.15. The van der Waals surface area contributed by atoms with Crippen LogP contribution in [0.15, 0.2) is 21.9 Å². The van der Waals surface area contributed by atoms with Crippen molar-refractivity contribution < 1.29 is 9.47 Å². The zero-order valence-corrected chi connectivity index (χ0v) is 10.5. The molecule has 1 aliphatic rings. The van der Waals surface area contributed by atoms with Gasteiger partial charge in [-0.1, -0.05) is 34.8 Å². The molecule has 0 aromatic rings. The van der Waals surface area contributed by atoms with E-state index >= 15 is 0 Å². The highest BCUT2D eigenvalue weighted by Gasteiger charge is 2.42. The summed E-state index contributed by atoms with van der Waals surface area (Å²) in [5.41, 5.74) is 0. The summed E-state index contributed by atoms with van der Waals surface area (Å²) in [6.07, 6.45) is 1.46. The standard InChI is InChI=1S/C8H8Cl4O2/c1-13-6-4(9)3-8(12,14-2)7(11)5(6)10/h3,7H,1-2H3. The van der Waals surface area contributed by atoms with E-state index in [0.717, 1.165) is 0 Å². The van der Waals surface area contributed by atoms with Gasteiger partial charge in [0.1, 0.15) is 5.38 Å². The van der Waals surface area contributed by atoms with Gasteiger partial charge in [-0.2, -0.15) is 0 Å². The van der Waals surface area contributed by atoms with Crippen LogP contribution in [0.3, 0.4) is 0 Å². The van der Waals surface area contributed by atoms with Crippen LogP contribution in [0.1, 0.15) is 0 Å². The van der Waals surface area contributed by atoms with Crippen LogP contribution in [0.4, 0.5) is 0 Å². The monoisotopic (exact) mass is 276 g/mol. The lowest BCUT2D eigenvalue weighted by Crippen LogP contribution is -2.36. The molecule has 80 valence electrons. The van der Waals surface area contributed by atoms with Crippen LogP contribution in [0.2, 0.25) is 0 Å². The van der Waals surface area contributed by atoms with Crippen LogP contribution in [0, 0.1) is 0 Å². The van der Waals surface area contributed by atoms with Crippen LogP contribution in [0.5, 0.6) is 0 Å². The summed E-state index contributed by atoms with van der Waals surface area (Å²) in [5.74, 6) is 0.321. The summed E-state index contributed by atoms with van der Waals surface area (Å²) < 4.78 is 10.00. The minimum absolute atomic E-state index is 0.235. The van der Waals surface area contributed by atoms with Gasteiger partial charge in [0, 0.05) is 7.11 Å². The summed E-state index contributed by atoms with van der Waals surface area (Å²) in [5, 5.41) is -1.43. The lowest BCUT2D eigenvalue weighted by Gasteiger charge is -2.31. The topological polar surface area (TPSA) is 18.5 Å². The molecule has 14 heavy (non-hydrogen) atoms. The van der Waals surface area contributed by atoms with Crippen LogP contribution in [-0.4, -0.2) is 24.7 Å². The zero-order chi connectivity index (χ0) is 10.9. The zero-order valence-electron chi connectivity index (χ0n) is 7.48. The summed E-state index contributed by atoms with van der Waals surface area (Å²) in [6, 6.07) is 0. The van der Waals surface area contributed by atoms with E-state index in [0.29, 0.717) is 5.76 Å². The van der Waals surface area contributed by atoms with Crippen molar-refractivity contribution in [1.29, 1.82) is 0 Å². The lowest BCUT2D eigenvalue weighted by atomic mass is 10.1. The van der Waals surface area contributed by atoms with Gasteiger partial charge < -0.3 is 9.47 Å². The number of rotatable bonds is 2. The Kier molecular flexibility index (Phi) is 4.01. The van der Waals surface area contributed by atoms with Crippen molar-refractivity contribution >= 4 is 46.4 Å². The third kappa shape index (κ3) is 2.00. The van der Waals surface area contributed by atoms with Crippen molar-refractivity contribution in [2.24, 2.45) is 0 Å². The summed E-state index contributed by atoms with van der Waals surface area (Å²) in [6.45, 7) is 0. The largest absolute Gasteiger partial charge is 0.494 e. The number of hydrogen-bond donors (Lipinski definition) is 0. The number of methoxy groups -OCH3 is 2. The maximum absolute atomic E-state index is 6.03. The number of hydrogen-bond acceptors (Lipinski definition) is 2. The molecule has 0 fully saturated rings. The third-order valence-corrected chi connectivity index (χ3v) is 3.76. The minimum atomic E-state index is -1.22. The highest BCUT2D eigenvalue weighted by molar-refractivity contribution is 6.44. The van der Waals surface area contributed by atoms with Crippen LogP contribution in [0.25, 0.3) is 0 Å². The van der Waals surface area contributed by atoms with Crippen molar-refractivity contribution in [1.82, 2.24) is 0 Å². The first-order valence-electron chi connectivity index (χ1n) is 3.66. The van der Waals surface area contributed by atoms with Gasteiger partial charge in [0.15, 0.2) is 10.8 Å². The molecular weight excluding hydrogens is 270 g/mol. The fourth-order valence-electron chi connectivity index (χ4n) is 1.07. The van der Waals surface area contributed by atoms with E-state index in [9.17, 15) is 0 Å². The van der Waals surface area contributed by atoms with Gasteiger partial charge in [0.25, 0.3) is 0 Å². The molecule has 0 aliphatic heterocycles. The van der Waals surface area contributed by atoms with Gasteiger partial charge in [-0.15, -0.1) is 11.6 Å². The van der Waals surface area contributed by atoms with Gasteiger partial charge in [0.2, 0.25) is 0 Å². The fraction of sp³-hybridized carbons (Fsp3) is 0.500. The Hall–Kier alpha value is 0.400. The molecule has 0 bridgehead atoms. The fourth-order valence-corrected chi connectivity index (χ4v) is 2.38. The molecule has 2 atom stereocenters. The van der Waals surface area contributed by atoms with Gasteiger partial charge in [-0.05, 0) is 6.08 Å². The third-order valence-electron chi connectivity index (χ3n) is 1.84. The van der Waals surface area contributed by atoms with E-state index in [1.165, 1.54) is 20.3 Å².